The molecule has 0 fully saturated rings. The zero-order chi connectivity index (χ0) is 16.1. The molecule has 7 heteroatoms. The predicted molar refractivity (Wildman–Crippen MR) is 82.7 cm³/mol. The molecule has 0 aliphatic carbocycles. The number of nitrogens with one attached hydrogen (secondary N) is 1. The van der Waals surface area contributed by atoms with Crippen molar-refractivity contribution >= 4 is 27.7 Å². The van der Waals surface area contributed by atoms with Crippen molar-refractivity contribution in [2.75, 3.05) is 20.8 Å². The van der Waals surface area contributed by atoms with Crippen LogP contribution < -0.4 is 9.47 Å². The minimum absolute atomic E-state index is 0.270. The van der Waals surface area contributed by atoms with Gasteiger partial charge in [0, 0.05) is 16.2 Å². The largest absolute Gasteiger partial charge is 0.493 e. The summed E-state index contributed by atoms with van der Waals surface area (Å²) in [5.41, 5.74) is 0.644. The summed E-state index contributed by atoms with van der Waals surface area (Å²) in [6.45, 7) is -0.356. The summed E-state index contributed by atoms with van der Waals surface area (Å²) in [7, 11) is 2.99. The number of esters is 1. The number of ketones is 1. The SMILES string of the molecule is COc1ccc(C(=O)COC(=O)c2cc(Br)c[nH]2)cc1OC. The van der Waals surface area contributed by atoms with Crippen LogP contribution in [0, 0.1) is 0 Å². The number of methoxy groups -OCH3 is 2. The standard InChI is InChI=1S/C15H14BrNO5/c1-20-13-4-3-9(5-14(13)21-2)12(18)8-22-15(19)11-6-10(16)7-17-11/h3-7,17H,8H2,1-2H3. The molecular formula is C15H14BrNO5. The van der Waals surface area contributed by atoms with E-state index in [0.29, 0.717) is 17.1 Å². The van der Waals surface area contributed by atoms with E-state index in [1.807, 2.05) is 0 Å². The van der Waals surface area contributed by atoms with Gasteiger partial charge < -0.3 is 19.2 Å². The summed E-state index contributed by atoms with van der Waals surface area (Å²) >= 11 is 3.21. The van der Waals surface area contributed by atoms with Gasteiger partial charge in [0.1, 0.15) is 5.69 Å². The third-order valence-electron chi connectivity index (χ3n) is 2.91. The van der Waals surface area contributed by atoms with Crippen LogP contribution in [0.5, 0.6) is 11.5 Å². The van der Waals surface area contributed by atoms with Crippen LogP contribution in [-0.4, -0.2) is 37.6 Å². The van der Waals surface area contributed by atoms with E-state index in [1.165, 1.54) is 14.2 Å². The van der Waals surface area contributed by atoms with E-state index in [2.05, 4.69) is 20.9 Å². The molecule has 0 aliphatic rings. The molecule has 0 amide bonds. The van der Waals surface area contributed by atoms with Gasteiger partial charge >= 0.3 is 5.97 Å². The van der Waals surface area contributed by atoms with Crippen LogP contribution in [0.15, 0.2) is 34.9 Å². The van der Waals surface area contributed by atoms with Gasteiger partial charge in [-0.2, -0.15) is 0 Å². The Labute approximate surface area is 135 Å². The van der Waals surface area contributed by atoms with E-state index in [9.17, 15) is 9.59 Å². The summed E-state index contributed by atoms with van der Waals surface area (Å²) in [4.78, 5) is 26.5. The van der Waals surface area contributed by atoms with E-state index >= 15 is 0 Å². The highest BCUT2D eigenvalue weighted by Gasteiger charge is 2.15. The Hall–Kier alpha value is -2.28. The van der Waals surface area contributed by atoms with Gasteiger partial charge in [0.2, 0.25) is 0 Å². The second kappa shape index (κ2) is 7.13. The van der Waals surface area contributed by atoms with Gasteiger partial charge in [0.25, 0.3) is 0 Å². The molecule has 0 unspecified atom stereocenters. The fourth-order valence-corrected chi connectivity index (χ4v) is 2.13. The average molecular weight is 368 g/mol. The lowest BCUT2D eigenvalue weighted by molar-refractivity contribution is 0.0469. The number of aromatic nitrogens is 1. The highest BCUT2D eigenvalue weighted by Crippen LogP contribution is 2.27. The molecule has 0 aliphatic heterocycles. The lowest BCUT2D eigenvalue weighted by Gasteiger charge is -2.09. The first-order valence-electron chi connectivity index (χ1n) is 6.31. The van der Waals surface area contributed by atoms with Crippen LogP contribution in [0.4, 0.5) is 0 Å². The van der Waals surface area contributed by atoms with Crippen LogP contribution in [0.25, 0.3) is 0 Å². The van der Waals surface area contributed by atoms with E-state index in [0.717, 1.165) is 4.47 Å². The van der Waals surface area contributed by atoms with E-state index in [1.54, 1.807) is 30.5 Å². The second-order valence-electron chi connectivity index (χ2n) is 4.30. The molecule has 1 N–H and O–H groups in total. The van der Waals surface area contributed by atoms with Gasteiger partial charge in [-0.15, -0.1) is 0 Å². The third kappa shape index (κ3) is 3.67. The first kappa shape index (κ1) is 16.1. The van der Waals surface area contributed by atoms with Crippen molar-refractivity contribution in [2.24, 2.45) is 0 Å². The Morgan fingerprint density at radius 2 is 1.86 bits per heavy atom. The molecule has 0 spiro atoms. The van der Waals surface area contributed by atoms with Crippen molar-refractivity contribution in [3.05, 3.63) is 46.2 Å². The van der Waals surface area contributed by atoms with Gasteiger partial charge in [0.05, 0.1) is 14.2 Å². The summed E-state index contributed by atoms with van der Waals surface area (Å²) in [6, 6.07) is 6.32. The van der Waals surface area contributed by atoms with Crippen LogP contribution in [0.1, 0.15) is 20.8 Å². The molecule has 0 saturated carbocycles. The first-order valence-corrected chi connectivity index (χ1v) is 7.10. The van der Waals surface area contributed by atoms with E-state index in [-0.39, 0.29) is 18.1 Å². The molecule has 0 atom stereocenters. The fraction of sp³-hybridized carbons (Fsp3) is 0.200. The highest BCUT2D eigenvalue weighted by molar-refractivity contribution is 9.10. The molecule has 1 aromatic carbocycles. The molecule has 6 nitrogen and oxygen atoms in total. The van der Waals surface area contributed by atoms with Crippen LogP contribution in [0.3, 0.4) is 0 Å². The zero-order valence-electron chi connectivity index (χ0n) is 12.0. The van der Waals surface area contributed by atoms with Crippen molar-refractivity contribution in [2.45, 2.75) is 0 Å². The maximum absolute atomic E-state index is 12.1. The number of aromatic amines is 1. The molecule has 0 radical (unpaired) electrons. The van der Waals surface area contributed by atoms with Crippen LogP contribution in [0.2, 0.25) is 0 Å². The Bertz CT molecular complexity index is 695. The van der Waals surface area contributed by atoms with Gasteiger partial charge in [-0.3, -0.25) is 4.79 Å². The second-order valence-corrected chi connectivity index (χ2v) is 5.22. The molecule has 0 saturated heterocycles. The van der Waals surface area contributed by atoms with Crippen molar-refractivity contribution in [3.8, 4) is 11.5 Å². The number of benzene rings is 1. The highest BCUT2D eigenvalue weighted by atomic mass is 79.9. The number of rotatable bonds is 6. The number of Topliss-reactive ketones (excluding diaryl/α,β-unsaturated/α-hetero) is 1. The Balaban J connectivity index is 2.02. The average Bonchev–Trinajstić information content (AvgIpc) is 2.98. The van der Waals surface area contributed by atoms with Crippen LogP contribution >= 0.6 is 15.9 Å². The van der Waals surface area contributed by atoms with E-state index in [4.69, 9.17) is 14.2 Å². The molecular weight excluding hydrogens is 354 g/mol. The Kier molecular flexibility index (Phi) is 5.21. The number of H-pyrrole nitrogens is 1. The number of carbonyl (C=O) groups excluding carboxylic acids is 2. The van der Waals surface area contributed by atoms with Crippen molar-refractivity contribution in [1.29, 1.82) is 0 Å². The molecule has 0 bridgehead atoms. The summed E-state index contributed by atoms with van der Waals surface area (Å²) in [6.07, 6.45) is 1.60. The number of halogens is 1. The summed E-state index contributed by atoms with van der Waals surface area (Å²) in [5.74, 6) is 0.0275. The maximum Gasteiger partial charge on any atom is 0.355 e. The predicted octanol–water partition coefficient (Wildman–Crippen LogP) is 2.83. The minimum Gasteiger partial charge on any atom is -0.493 e. The topological polar surface area (TPSA) is 77.6 Å². The fourth-order valence-electron chi connectivity index (χ4n) is 1.79. The van der Waals surface area contributed by atoms with Crippen LogP contribution in [-0.2, 0) is 4.74 Å². The van der Waals surface area contributed by atoms with Crippen molar-refractivity contribution < 1.29 is 23.8 Å². The zero-order valence-corrected chi connectivity index (χ0v) is 13.6. The van der Waals surface area contributed by atoms with E-state index < -0.39 is 5.97 Å². The van der Waals surface area contributed by atoms with Gasteiger partial charge in [-0.1, -0.05) is 0 Å². The molecule has 1 heterocycles. The number of ether oxygens (including phenoxy) is 3. The lowest BCUT2D eigenvalue weighted by atomic mass is 10.1. The monoisotopic (exact) mass is 367 g/mol. The van der Waals surface area contributed by atoms with Gasteiger partial charge in [0.15, 0.2) is 23.9 Å². The van der Waals surface area contributed by atoms with Gasteiger partial charge in [-0.25, -0.2) is 4.79 Å². The first-order chi connectivity index (χ1) is 10.5. The molecule has 2 rings (SSSR count). The minimum atomic E-state index is -0.598. The lowest BCUT2D eigenvalue weighted by Crippen LogP contribution is -2.14. The molecule has 116 valence electrons. The third-order valence-corrected chi connectivity index (χ3v) is 3.37. The molecule has 1 aromatic heterocycles. The van der Waals surface area contributed by atoms with Crippen molar-refractivity contribution in [3.63, 3.8) is 0 Å². The normalized spacial score (nSPS) is 10.1. The Morgan fingerprint density at radius 3 is 2.45 bits per heavy atom. The number of carbonyl (C=O) groups is 2. The molecule has 2 aromatic rings. The Morgan fingerprint density at radius 1 is 1.14 bits per heavy atom. The smallest absolute Gasteiger partial charge is 0.355 e. The van der Waals surface area contributed by atoms with Crippen molar-refractivity contribution in [1.82, 2.24) is 4.98 Å². The maximum atomic E-state index is 12.1. The number of hydrogen-bond donors (Lipinski definition) is 1. The number of hydrogen-bond acceptors (Lipinski definition) is 5. The summed E-state index contributed by atoms with van der Waals surface area (Å²) in [5, 5.41) is 0. The quantitative estimate of drug-likeness (QED) is 0.627. The summed E-state index contributed by atoms with van der Waals surface area (Å²) < 4.78 is 15.9. The molecule has 22 heavy (non-hydrogen) atoms. The van der Waals surface area contributed by atoms with Gasteiger partial charge in [-0.05, 0) is 40.2 Å².